The van der Waals surface area contributed by atoms with E-state index in [4.69, 9.17) is 0 Å². The monoisotopic (exact) mass is 435 g/mol. The molecule has 2 heterocycles. The van der Waals surface area contributed by atoms with Gasteiger partial charge in [0, 0.05) is 60.6 Å². The minimum atomic E-state index is 0. The van der Waals surface area contributed by atoms with Crippen molar-refractivity contribution in [2.45, 2.75) is 52.1 Å². The second kappa shape index (κ2) is 11.2. The molecule has 1 fully saturated rings. The lowest BCUT2D eigenvalue weighted by molar-refractivity contribution is 0.163. The number of nitrogens with one attached hydrogen (secondary N) is 1. The van der Waals surface area contributed by atoms with Crippen LogP contribution < -0.4 is 5.32 Å². The molecule has 0 spiro atoms. The van der Waals surface area contributed by atoms with E-state index in [0.29, 0.717) is 6.04 Å². The minimum Gasteiger partial charge on any atom is -0.341 e. The molecule has 1 aromatic heterocycles. The number of hydrogen-bond donors (Lipinski definition) is 1. The molecule has 1 saturated heterocycles. The summed E-state index contributed by atoms with van der Waals surface area (Å²) in [4.78, 5) is 2.70. The molecule has 0 saturated carbocycles. The third-order valence-electron chi connectivity index (χ3n) is 6.17. The third-order valence-corrected chi connectivity index (χ3v) is 6.17. The molecule has 3 nitrogen and oxygen atoms in total. The standard InChI is InChI=1S/C24H33N3.2ClH/c1-3-5-6-10-22(26-16-14-25-15-17-26)19-12-13-24-21(18-19)20-9-7-8-11-23(20)27(24)4-2;;/h7-9,11-13,18,22,25H,3-6,10,14-17H2,1-2H3;2*1H/t22-;;/m0../s1. The quantitative estimate of drug-likeness (QED) is 0.446. The average molecular weight is 436 g/mol. The Morgan fingerprint density at radius 1 is 0.897 bits per heavy atom. The van der Waals surface area contributed by atoms with Crippen LogP contribution in [0.15, 0.2) is 42.5 Å². The molecule has 160 valence electrons. The zero-order valence-corrected chi connectivity index (χ0v) is 19.3. The first-order valence-electron chi connectivity index (χ1n) is 10.8. The van der Waals surface area contributed by atoms with Crippen LogP contribution >= 0.6 is 24.8 Å². The second-order valence-electron chi connectivity index (χ2n) is 7.84. The van der Waals surface area contributed by atoms with Gasteiger partial charge in [0.05, 0.1) is 0 Å². The molecule has 0 radical (unpaired) electrons. The number of hydrogen-bond acceptors (Lipinski definition) is 2. The van der Waals surface area contributed by atoms with Gasteiger partial charge in [-0.25, -0.2) is 0 Å². The summed E-state index contributed by atoms with van der Waals surface area (Å²) in [7, 11) is 0. The molecule has 1 N–H and O–H groups in total. The first kappa shape index (κ1) is 24.0. The number of para-hydroxylation sites is 1. The minimum absolute atomic E-state index is 0. The molecule has 4 rings (SSSR count). The molecule has 0 amide bonds. The van der Waals surface area contributed by atoms with Crippen LogP contribution in [0.3, 0.4) is 0 Å². The van der Waals surface area contributed by atoms with Crippen LogP contribution in [0.1, 0.15) is 51.1 Å². The maximum absolute atomic E-state index is 3.51. The van der Waals surface area contributed by atoms with E-state index in [2.05, 4.69) is 71.1 Å². The van der Waals surface area contributed by atoms with Gasteiger partial charge in [-0.15, -0.1) is 24.8 Å². The number of fused-ring (bicyclic) bond motifs is 3. The van der Waals surface area contributed by atoms with E-state index in [1.165, 1.54) is 53.1 Å². The number of unbranched alkanes of at least 4 members (excludes halogenated alkanes) is 2. The van der Waals surface area contributed by atoms with Crippen LogP contribution in [0, 0.1) is 0 Å². The highest BCUT2D eigenvalue weighted by Crippen LogP contribution is 2.34. The predicted octanol–water partition coefficient (Wildman–Crippen LogP) is 6.18. The predicted molar refractivity (Wildman–Crippen MR) is 131 cm³/mol. The van der Waals surface area contributed by atoms with Gasteiger partial charge in [0.15, 0.2) is 0 Å². The van der Waals surface area contributed by atoms with E-state index in [-0.39, 0.29) is 24.8 Å². The smallest absolute Gasteiger partial charge is 0.0491 e. The van der Waals surface area contributed by atoms with Gasteiger partial charge < -0.3 is 9.88 Å². The van der Waals surface area contributed by atoms with E-state index < -0.39 is 0 Å². The van der Waals surface area contributed by atoms with Crippen molar-refractivity contribution in [3.63, 3.8) is 0 Å². The Bertz CT molecular complexity index is 900. The number of nitrogens with zero attached hydrogens (tertiary/aromatic N) is 2. The Labute approximate surface area is 187 Å². The van der Waals surface area contributed by atoms with Gasteiger partial charge in [-0.05, 0) is 37.1 Å². The molecule has 29 heavy (non-hydrogen) atoms. The third kappa shape index (κ3) is 4.91. The van der Waals surface area contributed by atoms with Crippen molar-refractivity contribution < 1.29 is 0 Å². The van der Waals surface area contributed by atoms with E-state index in [1.807, 2.05) is 0 Å². The summed E-state index contributed by atoms with van der Waals surface area (Å²) in [6.45, 7) is 10.1. The second-order valence-corrected chi connectivity index (χ2v) is 7.84. The fraction of sp³-hybridized carbons (Fsp3) is 0.500. The van der Waals surface area contributed by atoms with Gasteiger partial charge in [0.2, 0.25) is 0 Å². The lowest BCUT2D eigenvalue weighted by atomic mass is 9.96. The Kier molecular flexibility index (Phi) is 9.29. The van der Waals surface area contributed by atoms with Crippen molar-refractivity contribution in [3.8, 4) is 0 Å². The molecular weight excluding hydrogens is 401 g/mol. The molecule has 0 unspecified atom stereocenters. The van der Waals surface area contributed by atoms with Crippen LogP contribution in [-0.4, -0.2) is 35.6 Å². The summed E-state index contributed by atoms with van der Waals surface area (Å²) in [6.07, 6.45) is 5.21. The summed E-state index contributed by atoms with van der Waals surface area (Å²) in [5.41, 5.74) is 4.23. The topological polar surface area (TPSA) is 20.2 Å². The summed E-state index contributed by atoms with van der Waals surface area (Å²) in [6, 6.07) is 16.7. The van der Waals surface area contributed by atoms with Crippen LogP contribution in [0.2, 0.25) is 0 Å². The molecule has 1 aliphatic rings. The van der Waals surface area contributed by atoms with Crippen molar-refractivity contribution in [1.82, 2.24) is 14.8 Å². The fourth-order valence-electron chi connectivity index (χ4n) is 4.76. The van der Waals surface area contributed by atoms with Crippen molar-refractivity contribution in [3.05, 3.63) is 48.0 Å². The van der Waals surface area contributed by atoms with Crippen molar-refractivity contribution >= 4 is 46.6 Å². The first-order valence-corrected chi connectivity index (χ1v) is 10.8. The Morgan fingerprint density at radius 2 is 1.62 bits per heavy atom. The maximum atomic E-state index is 3.51. The number of benzene rings is 2. The number of rotatable bonds is 7. The molecule has 0 bridgehead atoms. The van der Waals surface area contributed by atoms with Crippen LogP contribution in [0.25, 0.3) is 21.8 Å². The van der Waals surface area contributed by atoms with Gasteiger partial charge >= 0.3 is 0 Å². The maximum Gasteiger partial charge on any atom is 0.0491 e. The van der Waals surface area contributed by atoms with E-state index in [1.54, 1.807) is 0 Å². The molecule has 5 heteroatoms. The van der Waals surface area contributed by atoms with Crippen molar-refractivity contribution in [2.24, 2.45) is 0 Å². The number of aryl methyl sites for hydroxylation is 1. The number of aromatic nitrogens is 1. The molecule has 2 aromatic carbocycles. The Morgan fingerprint density at radius 3 is 2.34 bits per heavy atom. The van der Waals surface area contributed by atoms with E-state index in [9.17, 15) is 0 Å². The van der Waals surface area contributed by atoms with E-state index in [0.717, 1.165) is 32.7 Å². The number of halogens is 2. The summed E-state index contributed by atoms with van der Waals surface area (Å²) >= 11 is 0. The van der Waals surface area contributed by atoms with Crippen LogP contribution in [0.5, 0.6) is 0 Å². The van der Waals surface area contributed by atoms with Gasteiger partial charge in [0.1, 0.15) is 0 Å². The van der Waals surface area contributed by atoms with E-state index >= 15 is 0 Å². The molecular formula is C24H35Cl2N3. The van der Waals surface area contributed by atoms with Gasteiger partial charge in [-0.2, -0.15) is 0 Å². The SMILES string of the molecule is CCCCC[C@@H](c1ccc2c(c1)c1ccccc1n2CC)N1CCNCC1.Cl.Cl. The average Bonchev–Trinajstić information content (AvgIpc) is 3.05. The van der Waals surface area contributed by atoms with Gasteiger partial charge in [-0.1, -0.05) is 50.5 Å². The van der Waals surface area contributed by atoms with Crippen molar-refractivity contribution in [2.75, 3.05) is 26.2 Å². The molecule has 1 aliphatic heterocycles. The van der Waals surface area contributed by atoms with Crippen molar-refractivity contribution in [1.29, 1.82) is 0 Å². The van der Waals surface area contributed by atoms with Crippen LogP contribution in [0.4, 0.5) is 0 Å². The Balaban J connectivity index is 0.00000150. The normalized spacial score (nSPS) is 15.8. The summed E-state index contributed by atoms with van der Waals surface area (Å²) in [5.74, 6) is 0. The largest absolute Gasteiger partial charge is 0.341 e. The summed E-state index contributed by atoms with van der Waals surface area (Å²) < 4.78 is 2.45. The zero-order valence-electron chi connectivity index (χ0n) is 17.7. The van der Waals surface area contributed by atoms with Crippen LogP contribution in [-0.2, 0) is 6.54 Å². The Hall–Kier alpha value is -1.26. The number of piperazine rings is 1. The molecule has 0 aliphatic carbocycles. The summed E-state index contributed by atoms with van der Waals surface area (Å²) in [5, 5.41) is 6.32. The molecule has 1 atom stereocenters. The zero-order chi connectivity index (χ0) is 18.6. The highest BCUT2D eigenvalue weighted by atomic mass is 35.5. The van der Waals surface area contributed by atoms with Gasteiger partial charge in [-0.3, -0.25) is 4.90 Å². The molecule has 3 aromatic rings. The first-order chi connectivity index (χ1) is 13.3. The lowest BCUT2D eigenvalue weighted by Gasteiger charge is -2.35. The lowest BCUT2D eigenvalue weighted by Crippen LogP contribution is -2.45. The van der Waals surface area contributed by atoms with Gasteiger partial charge in [0.25, 0.3) is 0 Å². The highest BCUT2D eigenvalue weighted by molar-refractivity contribution is 6.08. The highest BCUT2D eigenvalue weighted by Gasteiger charge is 2.22. The fourth-order valence-corrected chi connectivity index (χ4v) is 4.76.